The van der Waals surface area contributed by atoms with E-state index in [2.05, 4.69) is 139 Å². The highest BCUT2D eigenvalue weighted by Crippen LogP contribution is 2.33. The third kappa shape index (κ3) is 4.97. The van der Waals surface area contributed by atoms with Crippen molar-refractivity contribution in [2.75, 3.05) is 0 Å². The van der Waals surface area contributed by atoms with Crippen LogP contribution >= 0.6 is 0 Å². The van der Waals surface area contributed by atoms with E-state index in [0.29, 0.717) is 21.5 Å². The fourth-order valence-electron chi connectivity index (χ4n) is 6.97. The first-order valence-corrected chi connectivity index (χ1v) is 16.9. The first-order chi connectivity index (χ1) is 22.5. The van der Waals surface area contributed by atoms with Crippen molar-refractivity contribution in [3.63, 3.8) is 0 Å². The van der Waals surface area contributed by atoms with E-state index in [9.17, 15) is 9.59 Å². The van der Waals surface area contributed by atoms with E-state index in [1.807, 2.05) is 24.3 Å². The molecule has 0 atom stereocenters. The van der Waals surface area contributed by atoms with Crippen LogP contribution in [0.4, 0.5) is 0 Å². The van der Waals surface area contributed by atoms with Crippen molar-refractivity contribution in [1.29, 1.82) is 0 Å². The van der Waals surface area contributed by atoms with Gasteiger partial charge in [-0.15, -0.1) is 0 Å². The summed E-state index contributed by atoms with van der Waals surface area (Å²) in [6.07, 6.45) is 0. The van der Waals surface area contributed by atoms with Crippen LogP contribution in [0.1, 0.15) is 74.9 Å². The number of hydrogen-bond acceptors (Lipinski definition) is 2. The maximum atomic E-state index is 14.5. The number of hydrogen-bond donors (Lipinski definition) is 0. The summed E-state index contributed by atoms with van der Waals surface area (Å²) >= 11 is 0. The average Bonchev–Trinajstić information content (AvgIpc) is 3.03. The van der Waals surface area contributed by atoms with Crippen LogP contribution in [0.5, 0.6) is 0 Å². The number of rotatable bonds is 2. The number of aryl methyl sites for hydroxylation is 4. The first kappa shape index (κ1) is 31.6. The van der Waals surface area contributed by atoms with Gasteiger partial charge >= 0.3 is 0 Å². The van der Waals surface area contributed by atoms with Gasteiger partial charge < -0.3 is 9.13 Å². The Morgan fingerprint density at radius 2 is 0.667 bits per heavy atom. The summed E-state index contributed by atoms with van der Waals surface area (Å²) in [5, 5.41) is 2.50. The number of aromatic nitrogens is 2. The van der Waals surface area contributed by atoms with Gasteiger partial charge in [-0.1, -0.05) is 65.8 Å². The van der Waals surface area contributed by atoms with Gasteiger partial charge in [0.25, 0.3) is 0 Å². The Bertz CT molecular complexity index is 2390. The maximum Gasteiger partial charge on any atom is 0.197 e. The van der Waals surface area contributed by atoms with Crippen LogP contribution in [0.15, 0.2) is 94.5 Å². The van der Waals surface area contributed by atoms with Gasteiger partial charge in [0.2, 0.25) is 0 Å². The maximum absolute atomic E-state index is 14.5. The summed E-state index contributed by atoms with van der Waals surface area (Å²) in [5.41, 5.74) is 11.8. The number of benzene rings is 5. The minimum Gasteiger partial charge on any atom is -0.309 e. The molecule has 242 valence electrons. The number of pyridine rings is 2. The van der Waals surface area contributed by atoms with Gasteiger partial charge in [0, 0.05) is 32.9 Å². The zero-order chi connectivity index (χ0) is 34.4. The lowest BCUT2D eigenvalue weighted by atomic mass is 9.87. The van der Waals surface area contributed by atoms with E-state index >= 15 is 0 Å². The normalized spacial score (nSPS) is 12.5. The molecule has 0 bridgehead atoms. The van der Waals surface area contributed by atoms with E-state index < -0.39 is 0 Å². The molecule has 0 fully saturated rings. The van der Waals surface area contributed by atoms with Crippen molar-refractivity contribution in [3.8, 4) is 11.4 Å². The number of nitrogens with zero attached hydrogens (tertiary/aromatic N) is 2. The molecule has 0 amide bonds. The molecule has 0 saturated carbocycles. The van der Waals surface area contributed by atoms with Crippen molar-refractivity contribution in [2.24, 2.45) is 0 Å². The van der Waals surface area contributed by atoms with Gasteiger partial charge in [-0.05, 0) is 133 Å². The number of fused-ring (bicyclic) bond motifs is 4. The van der Waals surface area contributed by atoms with Gasteiger partial charge in [0.15, 0.2) is 10.9 Å². The molecule has 0 saturated heterocycles. The van der Waals surface area contributed by atoms with Crippen molar-refractivity contribution in [2.45, 2.75) is 80.1 Å². The molecule has 48 heavy (non-hydrogen) atoms. The monoisotopic (exact) mass is 632 g/mol. The van der Waals surface area contributed by atoms with E-state index in [-0.39, 0.29) is 21.7 Å². The van der Waals surface area contributed by atoms with Crippen molar-refractivity contribution < 1.29 is 0 Å². The van der Waals surface area contributed by atoms with Crippen LogP contribution in [-0.4, -0.2) is 9.13 Å². The summed E-state index contributed by atoms with van der Waals surface area (Å²) < 4.78 is 4.33. The molecule has 0 unspecified atom stereocenters. The Kier molecular flexibility index (Phi) is 7.10. The summed E-state index contributed by atoms with van der Waals surface area (Å²) in [4.78, 5) is 29.0. The highest BCUT2D eigenvalue weighted by Gasteiger charge is 2.21. The second-order valence-electron chi connectivity index (χ2n) is 15.7. The van der Waals surface area contributed by atoms with Crippen molar-refractivity contribution in [1.82, 2.24) is 9.13 Å². The molecule has 2 aromatic heterocycles. The molecule has 4 heteroatoms. The van der Waals surface area contributed by atoms with E-state index in [0.717, 1.165) is 55.7 Å². The topological polar surface area (TPSA) is 44.0 Å². The predicted octanol–water partition coefficient (Wildman–Crippen LogP) is 10.4. The van der Waals surface area contributed by atoms with Crippen LogP contribution in [-0.2, 0) is 10.8 Å². The second kappa shape index (κ2) is 10.8. The van der Waals surface area contributed by atoms with Crippen molar-refractivity contribution >= 4 is 43.6 Å². The van der Waals surface area contributed by atoms with Gasteiger partial charge in [0.05, 0.1) is 22.1 Å². The highest BCUT2D eigenvalue weighted by atomic mass is 16.1. The van der Waals surface area contributed by atoms with Gasteiger partial charge in [-0.25, -0.2) is 0 Å². The first-order valence-electron chi connectivity index (χ1n) is 16.9. The summed E-state index contributed by atoms with van der Waals surface area (Å²) in [6, 6.07) is 29.3. The molecule has 4 nitrogen and oxygen atoms in total. The second-order valence-corrected chi connectivity index (χ2v) is 15.7. The molecule has 0 N–H and O–H groups in total. The van der Waals surface area contributed by atoms with Gasteiger partial charge in [-0.2, -0.15) is 0 Å². The van der Waals surface area contributed by atoms with Crippen LogP contribution in [0.25, 0.3) is 55.0 Å². The Morgan fingerprint density at radius 1 is 0.396 bits per heavy atom. The lowest BCUT2D eigenvalue weighted by Crippen LogP contribution is -2.16. The molecule has 7 rings (SSSR count). The Balaban J connectivity index is 1.68. The Morgan fingerprint density at radius 3 is 0.979 bits per heavy atom. The van der Waals surface area contributed by atoms with E-state index in [1.165, 1.54) is 11.1 Å². The van der Waals surface area contributed by atoms with Crippen LogP contribution in [0.2, 0.25) is 0 Å². The lowest BCUT2D eigenvalue weighted by molar-refractivity contribution is 0.590. The lowest BCUT2D eigenvalue weighted by Gasteiger charge is -2.23. The molecule has 0 aliphatic carbocycles. The molecular weight excluding hydrogens is 588 g/mol. The Hall–Kier alpha value is -4.96. The third-order valence-electron chi connectivity index (χ3n) is 10.3. The molecular formula is C44H44N2O2. The molecule has 0 spiro atoms. The molecule has 0 aliphatic rings. The average molecular weight is 633 g/mol. The zero-order valence-corrected chi connectivity index (χ0v) is 29.8. The van der Waals surface area contributed by atoms with E-state index in [4.69, 9.17) is 0 Å². The standard InChI is InChI=1S/C44H44N2O2/c1-25-19-33-37(21-27(25)3)45(31-15-11-29(12-16-31)43(5,6)7)39-24-36-40(23-35(39)41(33)47)46(32-17-13-30(14-18-32)44(8,9)10)38-22-28(4)26(2)20-34(38)42(36)48/h11-24H,1-10H3. The highest BCUT2D eigenvalue weighted by molar-refractivity contribution is 6.05. The van der Waals surface area contributed by atoms with Crippen LogP contribution in [0, 0.1) is 27.7 Å². The SMILES string of the molecule is Cc1cc2c(=O)c3cc4c(cc3n(-c3ccc(C(C)(C)C)cc3)c2cc1C)c(=O)c1cc(C)c(C)cc1n4-c1ccc(C(C)(C)C)cc1. The predicted molar refractivity (Wildman–Crippen MR) is 204 cm³/mol. The smallest absolute Gasteiger partial charge is 0.197 e. The summed E-state index contributed by atoms with van der Waals surface area (Å²) in [5.74, 6) is 0. The zero-order valence-electron chi connectivity index (χ0n) is 29.8. The fraction of sp³-hybridized carbons (Fsp3) is 0.273. The molecule has 0 radical (unpaired) electrons. The third-order valence-corrected chi connectivity index (χ3v) is 10.3. The summed E-state index contributed by atoms with van der Waals surface area (Å²) in [6.45, 7) is 21.5. The molecule has 2 heterocycles. The van der Waals surface area contributed by atoms with Crippen LogP contribution < -0.4 is 10.9 Å². The molecule has 0 aliphatic heterocycles. The molecule has 7 aromatic rings. The Labute approximate surface area is 282 Å². The van der Waals surface area contributed by atoms with E-state index in [1.54, 1.807) is 0 Å². The quantitative estimate of drug-likeness (QED) is 0.178. The fourth-order valence-corrected chi connectivity index (χ4v) is 6.97. The molecule has 5 aromatic carbocycles. The minimum atomic E-state index is -0.0326. The van der Waals surface area contributed by atoms with Crippen LogP contribution in [0.3, 0.4) is 0 Å². The minimum absolute atomic E-state index is 0.00379. The largest absolute Gasteiger partial charge is 0.309 e. The van der Waals surface area contributed by atoms with Crippen molar-refractivity contribution in [3.05, 3.63) is 139 Å². The van der Waals surface area contributed by atoms with Gasteiger partial charge in [0.1, 0.15) is 0 Å². The van der Waals surface area contributed by atoms with Gasteiger partial charge in [-0.3, -0.25) is 9.59 Å². The summed E-state index contributed by atoms with van der Waals surface area (Å²) in [7, 11) is 0.